The second-order valence-corrected chi connectivity index (χ2v) is 5.96. The summed E-state index contributed by atoms with van der Waals surface area (Å²) >= 11 is 0. The number of nitrogens with two attached hydrogens (primary N) is 1. The number of aliphatic hydroxyl groups excluding tert-OH is 1. The maximum atomic E-state index is 10.3. The number of rotatable bonds is 3. The molecule has 0 radical (unpaired) electrons. The topological polar surface area (TPSA) is 55.5 Å². The van der Waals surface area contributed by atoms with Crippen LogP contribution in [0.5, 0.6) is 0 Å². The summed E-state index contributed by atoms with van der Waals surface area (Å²) in [7, 11) is 0. The lowest BCUT2D eigenvalue weighted by Gasteiger charge is -2.42. The SMILES string of the molecule is CC(C)(C)CC(O)C1(CN)CCOCC1. The summed E-state index contributed by atoms with van der Waals surface area (Å²) in [5, 5.41) is 10.3. The number of hydrogen-bond donors (Lipinski definition) is 2. The van der Waals surface area contributed by atoms with Crippen LogP contribution >= 0.6 is 0 Å². The molecule has 1 unspecified atom stereocenters. The molecule has 3 nitrogen and oxygen atoms in total. The van der Waals surface area contributed by atoms with E-state index in [1.807, 2.05) is 0 Å². The number of aliphatic hydroxyl groups is 1. The zero-order valence-electron chi connectivity index (χ0n) is 10.3. The first-order valence-corrected chi connectivity index (χ1v) is 5.85. The molecule has 0 spiro atoms. The number of ether oxygens (including phenoxy) is 1. The number of hydrogen-bond acceptors (Lipinski definition) is 3. The molecular weight excluding hydrogens is 190 g/mol. The molecule has 1 heterocycles. The molecule has 0 aromatic carbocycles. The molecule has 0 aromatic rings. The van der Waals surface area contributed by atoms with E-state index >= 15 is 0 Å². The van der Waals surface area contributed by atoms with E-state index in [0.717, 1.165) is 32.5 Å². The van der Waals surface area contributed by atoms with Crippen LogP contribution in [0.1, 0.15) is 40.0 Å². The Morgan fingerprint density at radius 3 is 2.27 bits per heavy atom. The zero-order valence-corrected chi connectivity index (χ0v) is 10.3. The third-order valence-corrected chi connectivity index (χ3v) is 3.41. The van der Waals surface area contributed by atoms with Gasteiger partial charge in [0.1, 0.15) is 0 Å². The van der Waals surface area contributed by atoms with Gasteiger partial charge in [-0.2, -0.15) is 0 Å². The van der Waals surface area contributed by atoms with Gasteiger partial charge in [-0.3, -0.25) is 0 Å². The zero-order chi connectivity index (χ0) is 11.5. The minimum absolute atomic E-state index is 0.106. The Labute approximate surface area is 93.0 Å². The van der Waals surface area contributed by atoms with Crippen LogP contribution in [-0.2, 0) is 4.74 Å². The van der Waals surface area contributed by atoms with Crippen LogP contribution in [0.4, 0.5) is 0 Å². The minimum Gasteiger partial charge on any atom is -0.392 e. The Balaban J connectivity index is 2.63. The van der Waals surface area contributed by atoms with Crippen molar-refractivity contribution in [2.24, 2.45) is 16.6 Å². The van der Waals surface area contributed by atoms with E-state index in [0.29, 0.717) is 6.54 Å². The van der Waals surface area contributed by atoms with E-state index in [1.54, 1.807) is 0 Å². The molecule has 15 heavy (non-hydrogen) atoms. The maximum Gasteiger partial charge on any atom is 0.0615 e. The van der Waals surface area contributed by atoms with Gasteiger partial charge < -0.3 is 15.6 Å². The molecule has 1 fully saturated rings. The highest BCUT2D eigenvalue weighted by molar-refractivity contribution is 4.91. The van der Waals surface area contributed by atoms with Crippen molar-refractivity contribution in [1.29, 1.82) is 0 Å². The summed E-state index contributed by atoms with van der Waals surface area (Å²) in [5.74, 6) is 0. The molecular formula is C12H25NO2. The third kappa shape index (κ3) is 3.44. The molecule has 0 aliphatic carbocycles. The van der Waals surface area contributed by atoms with Gasteiger partial charge in [-0.15, -0.1) is 0 Å². The van der Waals surface area contributed by atoms with Crippen LogP contribution < -0.4 is 5.73 Å². The summed E-state index contributed by atoms with van der Waals surface area (Å²) < 4.78 is 5.34. The Morgan fingerprint density at radius 1 is 1.33 bits per heavy atom. The second kappa shape index (κ2) is 4.81. The molecule has 1 aliphatic heterocycles. The van der Waals surface area contributed by atoms with Gasteiger partial charge in [0.05, 0.1) is 6.10 Å². The molecule has 1 aliphatic rings. The van der Waals surface area contributed by atoms with Crippen molar-refractivity contribution < 1.29 is 9.84 Å². The molecule has 3 N–H and O–H groups in total. The standard InChI is InChI=1S/C12H25NO2/c1-11(2,3)8-10(14)12(9-13)4-6-15-7-5-12/h10,14H,4-9,13H2,1-3H3. The van der Waals surface area contributed by atoms with Crippen molar-refractivity contribution in [1.82, 2.24) is 0 Å². The van der Waals surface area contributed by atoms with E-state index in [4.69, 9.17) is 10.5 Å². The van der Waals surface area contributed by atoms with Gasteiger partial charge >= 0.3 is 0 Å². The Morgan fingerprint density at radius 2 is 1.87 bits per heavy atom. The van der Waals surface area contributed by atoms with Gasteiger partial charge in [0, 0.05) is 25.2 Å². The molecule has 0 saturated carbocycles. The third-order valence-electron chi connectivity index (χ3n) is 3.41. The van der Waals surface area contributed by atoms with Crippen LogP contribution in [0.3, 0.4) is 0 Å². The lowest BCUT2D eigenvalue weighted by atomic mass is 9.70. The molecule has 1 saturated heterocycles. The maximum absolute atomic E-state index is 10.3. The Hall–Kier alpha value is -0.120. The van der Waals surface area contributed by atoms with Gasteiger partial charge in [-0.1, -0.05) is 20.8 Å². The molecule has 90 valence electrons. The summed E-state index contributed by atoms with van der Waals surface area (Å²) in [4.78, 5) is 0. The summed E-state index contributed by atoms with van der Waals surface area (Å²) in [6.45, 7) is 8.49. The fourth-order valence-corrected chi connectivity index (χ4v) is 2.25. The average Bonchev–Trinajstić information content (AvgIpc) is 2.16. The van der Waals surface area contributed by atoms with Crippen LogP contribution in [-0.4, -0.2) is 31.0 Å². The molecule has 0 bridgehead atoms. The van der Waals surface area contributed by atoms with E-state index in [2.05, 4.69) is 20.8 Å². The van der Waals surface area contributed by atoms with Crippen LogP contribution in [0, 0.1) is 10.8 Å². The first-order chi connectivity index (χ1) is 6.90. The smallest absolute Gasteiger partial charge is 0.0615 e. The molecule has 3 heteroatoms. The first-order valence-electron chi connectivity index (χ1n) is 5.85. The van der Waals surface area contributed by atoms with Crippen LogP contribution in [0.25, 0.3) is 0 Å². The van der Waals surface area contributed by atoms with Crippen molar-refractivity contribution in [2.75, 3.05) is 19.8 Å². The predicted octanol–water partition coefficient (Wildman–Crippen LogP) is 1.54. The lowest BCUT2D eigenvalue weighted by Crippen LogP contribution is -2.47. The Kier molecular flexibility index (Phi) is 4.15. The minimum atomic E-state index is -0.300. The van der Waals surface area contributed by atoms with Gasteiger partial charge in [-0.05, 0) is 24.7 Å². The summed E-state index contributed by atoms with van der Waals surface area (Å²) in [6, 6.07) is 0. The highest BCUT2D eigenvalue weighted by Crippen LogP contribution is 2.38. The molecule has 1 rings (SSSR count). The van der Waals surface area contributed by atoms with Crippen molar-refractivity contribution in [3.05, 3.63) is 0 Å². The van der Waals surface area contributed by atoms with Gasteiger partial charge in [0.15, 0.2) is 0 Å². The summed E-state index contributed by atoms with van der Waals surface area (Å²) in [6.07, 6.45) is 2.29. The largest absolute Gasteiger partial charge is 0.392 e. The molecule has 0 aromatic heterocycles. The van der Waals surface area contributed by atoms with Gasteiger partial charge in [0.2, 0.25) is 0 Å². The van der Waals surface area contributed by atoms with E-state index in [-0.39, 0.29) is 16.9 Å². The normalized spacial score (nSPS) is 23.8. The monoisotopic (exact) mass is 215 g/mol. The molecule has 0 amide bonds. The predicted molar refractivity (Wildman–Crippen MR) is 61.6 cm³/mol. The van der Waals surface area contributed by atoms with Crippen molar-refractivity contribution in [2.45, 2.75) is 46.1 Å². The average molecular weight is 215 g/mol. The van der Waals surface area contributed by atoms with Gasteiger partial charge in [-0.25, -0.2) is 0 Å². The van der Waals surface area contributed by atoms with Crippen LogP contribution in [0.15, 0.2) is 0 Å². The second-order valence-electron chi connectivity index (χ2n) is 5.96. The van der Waals surface area contributed by atoms with E-state index < -0.39 is 0 Å². The van der Waals surface area contributed by atoms with Crippen LogP contribution in [0.2, 0.25) is 0 Å². The highest BCUT2D eigenvalue weighted by atomic mass is 16.5. The van der Waals surface area contributed by atoms with E-state index in [1.165, 1.54) is 0 Å². The fraction of sp³-hybridized carbons (Fsp3) is 1.00. The van der Waals surface area contributed by atoms with Gasteiger partial charge in [0.25, 0.3) is 0 Å². The van der Waals surface area contributed by atoms with Crippen molar-refractivity contribution >= 4 is 0 Å². The summed E-state index contributed by atoms with van der Waals surface area (Å²) in [5.41, 5.74) is 5.89. The first kappa shape index (κ1) is 12.9. The van der Waals surface area contributed by atoms with E-state index in [9.17, 15) is 5.11 Å². The fourth-order valence-electron chi connectivity index (χ4n) is 2.25. The Bertz CT molecular complexity index is 192. The van der Waals surface area contributed by atoms with Crippen molar-refractivity contribution in [3.8, 4) is 0 Å². The quantitative estimate of drug-likeness (QED) is 0.751. The highest BCUT2D eigenvalue weighted by Gasteiger charge is 2.39. The lowest BCUT2D eigenvalue weighted by molar-refractivity contribution is -0.0695. The molecule has 1 atom stereocenters. The van der Waals surface area contributed by atoms with Crippen molar-refractivity contribution in [3.63, 3.8) is 0 Å².